The maximum Gasteiger partial charge on any atom is 0.0640 e. The van der Waals surface area contributed by atoms with Crippen molar-refractivity contribution in [1.82, 2.24) is 10.2 Å². The van der Waals surface area contributed by atoms with Gasteiger partial charge in [-0.1, -0.05) is 6.92 Å². The fraction of sp³-hybridized carbons (Fsp3) is 0.700. The molecule has 0 bridgehead atoms. The first-order valence-electron chi connectivity index (χ1n) is 4.87. The average molecular weight is 179 g/mol. The Labute approximate surface area is 78.7 Å². The zero-order valence-corrected chi connectivity index (χ0v) is 8.30. The lowest BCUT2D eigenvalue weighted by Crippen LogP contribution is -2.31. The summed E-state index contributed by atoms with van der Waals surface area (Å²) in [6.07, 6.45) is 3.45. The van der Waals surface area contributed by atoms with Crippen LogP contribution in [-0.2, 0) is 6.42 Å². The fourth-order valence-corrected chi connectivity index (χ4v) is 1.62. The van der Waals surface area contributed by atoms with Crippen molar-refractivity contribution in [2.45, 2.75) is 39.2 Å². The Morgan fingerprint density at radius 1 is 1.69 bits per heavy atom. The molecule has 3 N–H and O–H groups in total. The number of nitrogens with two attached hydrogens (primary N) is 1. The minimum atomic E-state index is 0.273. The summed E-state index contributed by atoms with van der Waals surface area (Å²) in [4.78, 5) is 0. The number of hydrogen-bond acceptors (Lipinski definition) is 2. The van der Waals surface area contributed by atoms with Crippen molar-refractivity contribution in [3.63, 3.8) is 0 Å². The van der Waals surface area contributed by atoms with Gasteiger partial charge in [-0.05, 0) is 31.2 Å². The van der Waals surface area contributed by atoms with Gasteiger partial charge in [-0.3, -0.25) is 5.10 Å². The number of aromatic amines is 1. The molecule has 0 spiro atoms. The van der Waals surface area contributed by atoms with E-state index < -0.39 is 0 Å². The number of hydrogen-bond donors (Lipinski definition) is 2. The summed E-state index contributed by atoms with van der Waals surface area (Å²) in [5.41, 5.74) is 8.71. The Kier molecular flexibility index (Phi) is 1.91. The van der Waals surface area contributed by atoms with Crippen LogP contribution in [0.4, 0.5) is 0 Å². The van der Waals surface area contributed by atoms with Gasteiger partial charge in [0.05, 0.1) is 5.69 Å². The molecule has 1 heterocycles. The third-order valence-electron chi connectivity index (χ3n) is 3.12. The lowest BCUT2D eigenvalue weighted by Gasteiger charge is -2.16. The van der Waals surface area contributed by atoms with Gasteiger partial charge in [0.15, 0.2) is 0 Å². The van der Waals surface area contributed by atoms with Gasteiger partial charge in [-0.25, -0.2) is 0 Å². The lowest BCUT2D eigenvalue weighted by molar-refractivity contribution is 0.430. The van der Waals surface area contributed by atoms with E-state index in [0.717, 1.165) is 17.8 Å². The van der Waals surface area contributed by atoms with Crippen LogP contribution in [0.15, 0.2) is 6.07 Å². The van der Waals surface area contributed by atoms with Crippen LogP contribution in [0, 0.1) is 12.3 Å². The minimum absolute atomic E-state index is 0.273. The van der Waals surface area contributed by atoms with E-state index in [-0.39, 0.29) is 6.04 Å². The van der Waals surface area contributed by atoms with Gasteiger partial charge in [0.1, 0.15) is 0 Å². The highest BCUT2D eigenvalue weighted by molar-refractivity contribution is 5.11. The Morgan fingerprint density at radius 2 is 2.38 bits per heavy atom. The van der Waals surface area contributed by atoms with Crippen molar-refractivity contribution in [2.24, 2.45) is 11.1 Å². The fourth-order valence-electron chi connectivity index (χ4n) is 1.62. The predicted octanol–water partition coefficient (Wildman–Crippen LogP) is 1.39. The number of nitrogens with one attached hydrogen (secondary N) is 1. The maximum absolute atomic E-state index is 6.10. The first-order valence-corrected chi connectivity index (χ1v) is 4.87. The molecule has 1 aliphatic carbocycles. The van der Waals surface area contributed by atoms with E-state index in [1.54, 1.807) is 0 Å². The van der Waals surface area contributed by atoms with Gasteiger partial charge in [0.25, 0.3) is 0 Å². The molecule has 0 aromatic carbocycles. The molecule has 1 aromatic heterocycles. The highest BCUT2D eigenvalue weighted by atomic mass is 15.1. The average Bonchev–Trinajstić information content (AvgIpc) is 2.69. The summed E-state index contributed by atoms with van der Waals surface area (Å²) >= 11 is 0. The second-order valence-corrected chi connectivity index (χ2v) is 4.51. The normalized spacial score (nSPS) is 21.5. The summed E-state index contributed by atoms with van der Waals surface area (Å²) in [6, 6.07) is 2.35. The van der Waals surface area contributed by atoms with Gasteiger partial charge >= 0.3 is 0 Å². The SMILES string of the molecule is Cc1cc(CC(N)C2(C)CC2)n[nH]1. The van der Waals surface area contributed by atoms with Crippen LogP contribution in [0.1, 0.15) is 31.2 Å². The van der Waals surface area contributed by atoms with Crippen LogP contribution in [0.2, 0.25) is 0 Å². The van der Waals surface area contributed by atoms with Crippen molar-refractivity contribution >= 4 is 0 Å². The van der Waals surface area contributed by atoms with Crippen molar-refractivity contribution in [3.8, 4) is 0 Å². The lowest BCUT2D eigenvalue weighted by atomic mass is 9.95. The summed E-state index contributed by atoms with van der Waals surface area (Å²) in [6.45, 7) is 4.28. The van der Waals surface area contributed by atoms with Gasteiger partial charge in [0.2, 0.25) is 0 Å². The van der Waals surface area contributed by atoms with Crippen LogP contribution >= 0.6 is 0 Å². The van der Waals surface area contributed by atoms with E-state index in [9.17, 15) is 0 Å². The molecule has 0 saturated heterocycles. The van der Waals surface area contributed by atoms with Crippen LogP contribution in [0.5, 0.6) is 0 Å². The molecule has 0 aliphatic heterocycles. The topological polar surface area (TPSA) is 54.7 Å². The second kappa shape index (κ2) is 2.84. The third kappa shape index (κ3) is 1.75. The van der Waals surface area contributed by atoms with Gasteiger partial charge in [-0.2, -0.15) is 5.10 Å². The minimum Gasteiger partial charge on any atom is -0.327 e. The van der Waals surface area contributed by atoms with Crippen LogP contribution in [-0.4, -0.2) is 16.2 Å². The molecule has 3 heteroatoms. The summed E-state index contributed by atoms with van der Waals surface area (Å²) in [7, 11) is 0. The zero-order valence-electron chi connectivity index (χ0n) is 8.30. The van der Waals surface area contributed by atoms with Crippen LogP contribution < -0.4 is 5.73 Å². The van der Waals surface area contributed by atoms with Crippen LogP contribution in [0.3, 0.4) is 0 Å². The number of rotatable bonds is 3. The van der Waals surface area contributed by atoms with E-state index in [4.69, 9.17) is 5.73 Å². The van der Waals surface area contributed by atoms with E-state index >= 15 is 0 Å². The van der Waals surface area contributed by atoms with Crippen molar-refractivity contribution in [3.05, 3.63) is 17.5 Å². The van der Waals surface area contributed by atoms with Gasteiger partial charge in [0, 0.05) is 18.2 Å². The van der Waals surface area contributed by atoms with Crippen molar-refractivity contribution in [2.75, 3.05) is 0 Å². The molecule has 13 heavy (non-hydrogen) atoms. The Morgan fingerprint density at radius 3 is 2.85 bits per heavy atom. The molecule has 0 amide bonds. The number of nitrogens with zero attached hydrogens (tertiary/aromatic N) is 1. The monoisotopic (exact) mass is 179 g/mol. The molecule has 1 aliphatic rings. The summed E-state index contributed by atoms with van der Waals surface area (Å²) in [5.74, 6) is 0. The molecule has 2 rings (SSSR count). The Bertz CT molecular complexity index is 299. The molecule has 3 nitrogen and oxygen atoms in total. The van der Waals surface area contributed by atoms with Crippen LogP contribution in [0.25, 0.3) is 0 Å². The van der Waals surface area contributed by atoms with Crippen molar-refractivity contribution < 1.29 is 0 Å². The highest BCUT2D eigenvalue weighted by Gasteiger charge is 2.42. The smallest absolute Gasteiger partial charge is 0.0640 e. The molecule has 1 saturated carbocycles. The van der Waals surface area contributed by atoms with E-state index in [2.05, 4.69) is 23.2 Å². The number of aryl methyl sites for hydroxylation is 1. The third-order valence-corrected chi connectivity index (χ3v) is 3.12. The Hall–Kier alpha value is -0.830. The second-order valence-electron chi connectivity index (χ2n) is 4.51. The number of aromatic nitrogens is 2. The van der Waals surface area contributed by atoms with Crippen molar-refractivity contribution in [1.29, 1.82) is 0 Å². The van der Waals surface area contributed by atoms with E-state index in [1.165, 1.54) is 12.8 Å². The van der Waals surface area contributed by atoms with Gasteiger partial charge < -0.3 is 5.73 Å². The first kappa shape index (κ1) is 8.75. The standard InChI is InChI=1S/C10H17N3/c1-7-5-8(13-12-7)6-9(11)10(2)3-4-10/h5,9H,3-4,6,11H2,1-2H3,(H,12,13). The number of H-pyrrole nitrogens is 1. The molecule has 72 valence electrons. The molecular formula is C10H17N3. The molecule has 1 atom stereocenters. The molecule has 0 radical (unpaired) electrons. The molecular weight excluding hydrogens is 162 g/mol. The predicted molar refractivity (Wildman–Crippen MR) is 52.3 cm³/mol. The Balaban J connectivity index is 1.98. The molecule has 1 fully saturated rings. The quantitative estimate of drug-likeness (QED) is 0.736. The highest BCUT2D eigenvalue weighted by Crippen LogP contribution is 2.47. The van der Waals surface area contributed by atoms with Gasteiger partial charge in [-0.15, -0.1) is 0 Å². The maximum atomic E-state index is 6.10. The molecule has 1 unspecified atom stereocenters. The largest absolute Gasteiger partial charge is 0.327 e. The van der Waals surface area contributed by atoms with E-state index in [0.29, 0.717) is 5.41 Å². The van der Waals surface area contributed by atoms with E-state index in [1.807, 2.05) is 6.92 Å². The first-order chi connectivity index (χ1) is 6.10. The summed E-state index contributed by atoms with van der Waals surface area (Å²) in [5, 5.41) is 7.13. The zero-order chi connectivity index (χ0) is 9.47. The summed E-state index contributed by atoms with van der Waals surface area (Å²) < 4.78 is 0. The molecule has 1 aromatic rings.